The van der Waals surface area contributed by atoms with Crippen LogP contribution in [0, 0.1) is 0 Å². The van der Waals surface area contributed by atoms with E-state index in [9.17, 15) is 13.2 Å². The highest BCUT2D eigenvalue weighted by atomic mass is 127. The number of benzene rings is 1. The molecular weight excluding hydrogens is 482 g/mol. The number of aliphatic imine (C=N–C) groups is 1. The van der Waals surface area contributed by atoms with Crippen molar-refractivity contribution in [2.45, 2.75) is 32.4 Å². The predicted molar refractivity (Wildman–Crippen MR) is 116 cm³/mol. The number of hydrogen-bond acceptors (Lipinski definition) is 2. The van der Waals surface area contributed by atoms with Crippen LogP contribution in [-0.2, 0) is 26.1 Å². The van der Waals surface area contributed by atoms with E-state index in [0.29, 0.717) is 19.5 Å². The van der Waals surface area contributed by atoms with E-state index in [-0.39, 0.29) is 24.0 Å². The Hall–Kier alpha value is -1.78. The average molecular weight is 509 g/mol. The molecule has 0 amide bonds. The Morgan fingerprint density at radius 3 is 2.39 bits per heavy atom. The predicted octanol–water partition coefficient (Wildman–Crippen LogP) is 3.79. The second kappa shape index (κ2) is 11.9. The van der Waals surface area contributed by atoms with Crippen LogP contribution in [0.4, 0.5) is 13.2 Å². The van der Waals surface area contributed by atoms with Crippen LogP contribution < -0.4 is 10.6 Å². The maximum Gasteiger partial charge on any atom is 0.416 e. The number of rotatable bonds is 8. The van der Waals surface area contributed by atoms with Gasteiger partial charge in [0.05, 0.1) is 11.8 Å². The highest BCUT2D eigenvalue weighted by Crippen LogP contribution is 2.29. The lowest BCUT2D eigenvalue weighted by Gasteiger charge is -2.12. The van der Waals surface area contributed by atoms with Crippen LogP contribution in [-0.4, -0.2) is 35.4 Å². The third kappa shape index (κ3) is 8.49. The molecular formula is C19H27F3IN5. The highest BCUT2D eigenvalue weighted by molar-refractivity contribution is 14.0. The minimum Gasteiger partial charge on any atom is -0.357 e. The monoisotopic (exact) mass is 509 g/mol. The first-order chi connectivity index (χ1) is 12.9. The van der Waals surface area contributed by atoms with Crippen molar-refractivity contribution < 1.29 is 13.2 Å². The van der Waals surface area contributed by atoms with Crippen LogP contribution in [0.3, 0.4) is 0 Å². The molecule has 0 aliphatic carbocycles. The average Bonchev–Trinajstić information content (AvgIpc) is 3.03. The number of aryl methyl sites for hydroxylation is 2. The first-order valence-electron chi connectivity index (χ1n) is 9.04. The van der Waals surface area contributed by atoms with Crippen LogP contribution in [0.5, 0.6) is 0 Å². The quantitative estimate of drug-likeness (QED) is 0.247. The molecule has 0 saturated carbocycles. The van der Waals surface area contributed by atoms with Gasteiger partial charge in [-0.1, -0.05) is 12.1 Å². The van der Waals surface area contributed by atoms with Crippen molar-refractivity contribution in [3.8, 4) is 0 Å². The number of alkyl halides is 3. The summed E-state index contributed by atoms with van der Waals surface area (Å²) in [7, 11) is 1.89. The van der Waals surface area contributed by atoms with Crippen LogP contribution in [0.2, 0.25) is 0 Å². The maximum absolute atomic E-state index is 12.6. The molecule has 0 spiro atoms. The number of nitrogens with zero attached hydrogens (tertiary/aromatic N) is 3. The Morgan fingerprint density at radius 1 is 1.11 bits per heavy atom. The van der Waals surface area contributed by atoms with Crippen molar-refractivity contribution in [2.24, 2.45) is 12.0 Å². The van der Waals surface area contributed by atoms with Gasteiger partial charge in [-0.3, -0.25) is 9.67 Å². The molecule has 156 valence electrons. The second-order valence-corrected chi connectivity index (χ2v) is 6.26. The molecule has 0 bridgehead atoms. The summed E-state index contributed by atoms with van der Waals surface area (Å²) in [6.07, 6.45) is 2.02. The smallest absolute Gasteiger partial charge is 0.357 e. The Kier molecular flexibility index (Phi) is 10.3. The molecule has 28 heavy (non-hydrogen) atoms. The van der Waals surface area contributed by atoms with Crippen molar-refractivity contribution in [2.75, 3.05) is 19.6 Å². The lowest BCUT2D eigenvalue weighted by Crippen LogP contribution is -2.38. The lowest BCUT2D eigenvalue weighted by molar-refractivity contribution is -0.137. The first kappa shape index (κ1) is 24.3. The van der Waals surface area contributed by atoms with Gasteiger partial charge in [-0.2, -0.15) is 18.3 Å². The number of halogens is 4. The molecule has 0 fully saturated rings. The molecule has 0 atom stereocenters. The van der Waals surface area contributed by atoms with E-state index < -0.39 is 11.7 Å². The molecule has 2 aromatic rings. The maximum atomic E-state index is 12.6. The number of nitrogens with one attached hydrogen (secondary N) is 2. The Balaban J connectivity index is 0.00000392. The van der Waals surface area contributed by atoms with Crippen molar-refractivity contribution in [1.82, 2.24) is 20.4 Å². The van der Waals surface area contributed by atoms with Gasteiger partial charge in [-0.15, -0.1) is 24.0 Å². The van der Waals surface area contributed by atoms with Crippen molar-refractivity contribution in [3.05, 3.63) is 53.3 Å². The fourth-order valence-electron chi connectivity index (χ4n) is 2.60. The van der Waals surface area contributed by atoms with E-state index in [2.05, 4.69) is 20.7 Å². The molecule has 0 saturated heterocycles. The molecule has 1 aromatic heterocycles. The second-order valence-electron chi connectivity index (χ2n) is 6.26. The van der Waals surface area contributed by atoms with Crippen molar-refractivity contribution in [1.29, 1.82) is 0 Å². The lowest BCUT2D eigenvalue weighted by atomic mass is 10.1. The molecule has 1 heterocycles. The normalized spacial score (nSPS) is 11.8. The molecule has 2 rings (SSSR count). The molecule has 0 radical (unpaired) electrons. The molecule has 9 heteroatoms. The van der Waals surface area contributed by atoms with Gasteiger partial charge in [0.25, 0.3) is 0 Å². The van der Waals surface area contributed by atoms with Crippen LogP contribution in [0.15, 0.2) is 41.7 Å². The van der Waals surface area contributed by atoms with Gasteiger partial charge >= 0.3 is 6.18 Å². The summed E-state index contributed by atoms with van der Waals surface area (Å²) < 4.78 is 39.5. The molecule has 1 aromatic carbocycles. The van der Waals surface area contributed by atoms with Crippen molar-refractivity contribution >= 4 is 29.9 Å². The zero-order chi connectivity index (χ0) is 19.7. The standard InChI is InChI=1S/C19H26F3N5.HI/c1-3-23-18(24-11-4-5-16-13-26-27(2)14-16)25-12-10-15-6-8-17(9-7-15)19(20,21)22;/h6-9,13-14H,3-5,10-12H2,1-2H3,(H2,23,24,25);1H. The third-order valence-electron chi connectivity index (χ3n) is 3.98. The Bertz CT molecular complexity index is 726. The zero-order valence-electron chi connectivity index (χ0n) is 16.1. The minimum absolute atomic E-state index is 0. The van der Waals surface area contributed by atoms with E-state index in [0.717, 1.165) is 43.0 Å². The third-order valence-corrected chi connectivity index (χ3v) is 3.98. The van der Waals surface area contributed by atoms with Crippen LogP contribution >= 0.6 is 24.0 Å². The SMILES string of the molecule is CCNC(=NCCCc1cnn(C)c1)NCCc1ccc(C(F)(F)F)cc1.I. The summed E-state index contributed by atoms with van der Waals surface area (Å²) in [6.45, 7) is 4.02. The summed E-state index contributed by atoms with van der Waals surface area (Å²) >= 11 is 0. The molecule has 0 aliphatic heterocycles. The number of hydrogen-bond donors (Lipinski definition) is 2. The topological polar surface area (TPSA) is 54.2 Å². The first-order valence-corrected chi connectivity index (χ1v) is 9.04. The summed E-state index contributed by atoms with van der Waals surface area (Å²) in [5.74, 6) is 0.718. The van der Waals surface area contributed by atoms with Gasteiger partial charge in [0, 0.05) is 32.9 Å². The highest BCUT2D eigenvalue weighted by Gasteiger charge is 2.29. The Labute approximate surface area is 180 Å². The van der Waals surface area contributed by atoms with E-state index in [1.165, 1.54) is 17.7 Å². The van der Waals surface area contributed by atoms with E-state index in [4.69, 9.17) is 0 Å². The van der Waals surface area contributed by atoms with E-state index in [1.54, 1.807) is 4.68 Å². The van der Waals surface area contributed by atoms with Gasteiger partial charge in [0.15, 0.2) is 5.96 Å². The molecule has 0 unspecified atom stereocenters. The molecule has 2 N–H and O–H groups in total. The largest absolute Gasteiger partial charge is 0.416 e. The zero-order valence-corrected chi connectivity index (χ0v) is 18.4. The van der Waals surface area contributed by atoms with Gasteiger partial charge in [0.2, 0.25) is 0 Å². The van der Waals surface area contributed by atoms with Gasteiger partial charge in [-0.05, 0) is 49.4 Å². The van der Waals surface area contributed by atoms with Gasteiger partial charge in [0.1, 0.15) is 0 Å². The summed E-state index contributed by atoms with van der Waals surface area (Å²) in [5.41, 5.74) is 1.42. The number of aromatic nitrogens is 2. The van der Waals surface area contributed by atoms with Gasteiger partial charge in [-0.25, -0.2) is 0 Å². The minimum atomic E-state index is -4.29. The van der Waals surface area contributed by atoms with E-state index >= 15 is 0 Å². The van der Waals surface area contributed by atoms with E-state index in [1.807, 2.05) is 26.4 Å². The van der Waals surface area contributed by atoms with Gasteiger partial charge < -0.3 is 10.6 Å². The Morgan fingerprint density at radius 2 is 1.82 bits per heavy atom. The fraction of sp³-hybridized carbons (Fsp3) is 0.474. The van der Waals surface area contributed by atoms with Crippen molar-refractivity contribution in [3.63, 3.8) is 0 Å². The fourth-order valence-corrected chi connectivity index (χ4v) is 2.60. The molecule has 5 nitrogen and oxygen atoms in total. The number of guanidine groups is 1. The molecule has 0 aliphatic rings. The summed E-state index contributed by atoms with van der Waals surface area (Å²) in [5, 5.41) is 10.5. The van der Waals surface area contributed by atoms with Crippen LogP contribution in [0.25, 0.3) is 0 Å². The van der Waals surface area contributed by atoms with Crippen LogP contribution in [0.1, 0.15) is 30.0 Å². The summed E-state index contributed by atoms with van der Waals surface area (Å²) in [4.78, 5) is 4.53. The summed E-state index contributed by atoms with van der Waals surface area (Å²) in [6, 6.07) is 5.27.